The summed E-state index contributed by atoms with van der Waals surface area (Å²) in [7, 11) is -6.48. The van der Waals surface area contributed by atoms with Gasteiger partial charge >= 0.3 is 0 Å². The van der Waals surface area contributed by atoms with Gasteiger partial charge in [-0.05, 0) is 109 Å². The van der Waals surface area contributed by atoms with Crippen molar-refractivity contribution in [3.05, 3.63) is 131 Å². The highest BCUT2D eigenvalue weighted by molar-refractivity contribution is 7.92. The van der Waals surface area contributed by atoms with E-state index in [1.165, 1.54) is 47.6 Å². The zero-order valence-electron chi connectivity index (χ0n) is 32.1. The first kappa shape index (κ1) is 40.9. The third kappa shape index (κ3) is 9.65. The second kappa shape index (κ2) is 16.4. The van der Waals surface area contributed by atoms with Crippen LogP contribution in [0.15, 0.2) is 109 Å². The molecule has 2 N–H and O–H groups in total. The zero-order valence-corrected chi connectivity index (χ0v) is 33.7. The van der Waals surface area contributed by atoms with E-state index < -0.39 is 20.0 Å². The molecular formula is C45H60N4O4S2. The maximum absolute atomic E-state index is 11.5. The van der Waals surface area contributed by atoms with Crippen LogP contribution in [0.25, 0.3) is 0 Å². The number of anilines is 2. The Labute approximate surface area is 330 Å². The predicted octanol–water partition coefficient (Wildman–Crippen LogP) is 7.66. The minimum Gasteiger partial charge on any atom is -0.303 e. The van der Waals surface area contributed by atoms with Gasteiger partial charge in [0.15, 0.2) is 0 Å². The number of nitrogens with zero attached hydrogens (tertiary/aromatic N) is 2. The quantitative estimate of drug-likeness (QED) is 0.136. The number of benzene rings is 4. The van der Waals surface area contributed by atoms with E-state index in [1.807, 2.05) is 36.4 Å². The summed E-state index contributed by atoms with van der Waals surface area (Å²) >= 11 is 0. The number of piperidine rings is 2. The van der Waals surface area contributed by atoms with Crippen molar-refractivity contribution in [1.29, 1.82) is 0 Å². The van der Waals surface area contributed by atoms with E-state index in [0.29, 0.717) is 35.0 Å². The van der Waals surface area contributed by atoms with Gasteiger partial charge in [0.25, 0.3) is 0 Å². The lowest BCUT2D eigenvalue weighted by Gasteiger charge is -2.24. The number of aryl methyl sites for hydroxylation is 2. The molecule has 10 heteroatoms. The first-order chi connectivity index (χ1) is 25.7. The largest absolute Gasteiger partial charge is 0.303 e. The zero-order chi connectivity index (χ0) is 38.1. The van der Waals surface area contributed by atoms with Gasteiger partial charge in [-0.1, -0.05) is 106 Å². The fraction of sp³-hybridized carbons (Fsp3) is 0.467. The topological polar surface area (TPSA) is 98.8 Å². The Morgan fingerprint density at radius 3 is 1.22 bits per heavy atom. The Kier molecular flexibility index (Phi) is 12.2. The van der Waals surface area contributed by atoms with Gasteiger partial charge in [0.05, 0.1) is 12.5 Å². The fourth-order valence-electron chi connectivity index (χ4n) is 9.71. The smallest absolute Gasteiger partial charge is 0.229 e. The van der Waals surface area contributed by atoms with E-state index >= 15 is 0 Å². The van der Waals surface area contributed by atoms with Gasteiger partial charge in [0.1, 0.15) is 0 Å². The van der Waals surface area contributed by atoms with Gasteiger partial charge in [-0.15, -0.1) is 0 Å². The van der Waals surface area contributed by atoms with Crippen LogP contribution in [0.3, 0.4) is 0 Å². The molecule has 4 atom stereocenters. The highest BCUT2D eigenvalue weighted by Gasteiger charge is 2.66. The Bertz CT molecular complexity index is 1950. The summed E-state index contributed by atoms with van der Waals surface area (Å²) in [5.74, 6) is 2.73. The molecule has 4 unspecified atom stereocenters. The first-order valence-corrected chi connectivity index (χ1v) is 23.2. The van der Waals surface area contributed by atoms with Crippen LogP contribution in [0.2, 0.25) is 0 Å². The third-order valence-electron chi connectivity index (χ3n) is 12.8. The number of likely N-dealkylation sites (tertiary alicyclic amines) is 2. The van der Waals surface area contributed by atoms with Gasteiger partial charge in [0, 0.05) is 48.4 Å². The SMILES string of the molecule is C.CC1(c2cccc(NS(C)(=O)=O)c2)C2CN(CCCc3ccccc3)CC21.CC1(c2cccc(NS(C)(=O)=O)c2)C2CN(CCCc3ccccc3)CC21. The summed E-state index contributed by atoms with van der Waals surface area (Å²) in [5, 5.41) is 0. The molecule has 296 valence electrons. The van der Waals surface area contributed by atoms with Crippen molar-refractivity contribution in [2.75, 3.05) is 61.2 Å². The van der Waals surface area contributed by atoms with Crippen molar-refractivity contribution in [1.82, 2.24) is 9.80 Å². The minimum absolute atomic E-state index is 0. The van der Waals surface area contributed by atoms with Crippen molar-refractivity contribution in [3.8, 4) is 0 Å². The number of rotatable bonds is 14. The molecule has 4 fully saturated rings. The molecule has 4 aromatic carbocycles. The second-order valence-corrected chi connectivity index (χ2v) is 20.1. The number of fused-ring (bicyclic) bond motifs is 2. The summed E-state index contributed by atoms with van der Waals surface area (Å²) in [6.45, 7) is 11.6. The van der Waals surface area contributed by atoms with Crippen LogP contribution in [0.1, 0.15) is 56.4 Å². The third-order valence-corrected chi connectivity index (χ3v) is 14.0. The molecule has 55 heavy (non-hydrogen) atoms. The van der Waals surface area contributed by atoms with Crippen LogP contribution in [0.4, 0.5) is 11.4 Å². The molecule has 2 heterocycles. The second-order valence-electron chi connectivity index (χ2n) is 16.6. The Hall–Kier alpha value is -3.70. The van der Waals surface area contributed by atoms with Crippen LogP contribution in [0, 0.1) is 23.7 Å². The maximum atomic E-state index is 11.5. The highest BCUT2D eigenvalue weighted by atomic mass is 32.2. The minimum atomic E-state index is -3.24. The molecule has 0 amide bonds. The molecule has 2 aliphatic heterocycles. The lowest BCUT2D eigenvalue weighted by Crippen LogP contribution is -2.30. The fourth-order valence-corrected chi connectivity index (χ4v) is 10.8. The normalized spacial score (nSPS) is 26.8. The molecule has 8 rings (SSSR count). The summed E-state index contributed by atoms with van der Waals surface area (Å²) < 4.78 is 51.2. The lowest BCUT2D eigenvalue weighted by molar-refractivity contribution is 0.274. The van der Waals surface area contributed by atoms with Crippen molar-refractivity contribution in [2.45, 2.75) is 57.8 Å². The van der Waals surface area contributed by atoms with E-state index in [-0.39, 0.29) is 18.3 Å². The number of hydrogen-bond acceptors (Lipinski definition) is 6. The van der Waals surface area contributed by atoms with Gasteiger partial charge < -0.3 is 9.80 Å². The van der Waals surface area contributed by atoms with Gasteiger partial charge in [-0.3, -0.25) is 9.44 Å². The van der Waals surface area contributed by atoms with Crippen molar-refractivity contribution in [3.63, 3.8) is 0 Å². The molecule has 0 radical (unpaired) electrons. The molecule has 2 saturated carbocycles. The summed E-state index contributed by atoms with van der Waals surface area (Å²) in [5.41, 5.74) is 7.06. The highest BCUT2D eigenvalue weighted by Crippen LogP contribution is 2.64. The summed E-state index contributed by atoms with van der Waals surface area (Å²) in [6.07, 6.45) is 7.08. The van der Waals surface area contributed by atoms with Gasteiger partial charge in [-0.25, -0.2) is 16.8 Å². The van der Waals surface area contributed by atoms with E-state index in [9.17, 15) is 16.8 Å². The van der Waals surface area contributed by atoms with E-state index in [1.54, 1.807) is 0 Å². The molecule has 0 spiro atoms. The number of nitrogens with one attached hydrogen (secondary N) is 2. The van der Waals surface area contributed by atoms with Crippen molar-refractivity contribution in [2.24, 2.45) is 23.7 Å². The number of sulfonamides is 2. The van der Waals surface area contributed by atoms with Gasteiger partial charge in [-0.2, -0.15) is 0 Å². The Morgan fingerprint density at radius 1 is 0.545 bits per heavy atom. The average Bonchev–Trinajstić information content (AvgIpc) is 3.61. The summed E-state index contributed by atoms with van der Waals surface area (Å²) in [6, 6.07) is 37.3. The Morgan fingerprint density at radius 2 is 0.891 bits per heavy atom. The van der Waals surface area contributed by atoms with E-state index in [2.05, 4.69) is 106 Å². The Balaban J connectivity index is 0.000000184. The lowest BCUT2D eigenvalue weighted by atomic mass is 9.92. The van der Waals surface area contributed by atoms with Crippen LogP contribution in [-0.4, -0.2) is 78.4 Å². The molecule has 2 saturated heterocycles. The predicted molar refractivity (Wildman–Crippen MR) is 228 cm³/mol. The van der Waals surface area contributed by atoms with Crippen LogP contribution in [-0.2, 0) is 43.7 Å². The van der Waals surface area contributed by atoms with Crippen LogP contribution in [0.5, 0.6) is 0 Å². The van der Waals surface area contributed by atoms with Crippen LogP contribution < -0.4 is 9.44 Å². The first-order valence-electron chi connectivity index (χ1n) is 19.4. The molecule has 4 aliphatic rings. The average molecular weight is 785 g/mol. The number of hydrogen-bond donors (Lipinski definition) is 2. The molecule has 2 aliphatic carbocycles. The molecule has 4 aromatic rings. The standard InChI is InChI=1S/2C22H28N2O2S.CH4/c2*1-22(18-11-6-12-19(14-18)23-27(2,25)26)20-15-24(16-21(20)22)13-7-10-17-8-4-3-5-9-17;/h2*3-6,8-9,11-12,14,20-21,23H,7,10,13,15-16H2,1-2H3;1H4. The summed E-state index contributed by atoms with van der Waals surface area (Å²) in [4.78, 5) is 5.19. The molecule has 8 nitrogen and oxygen atoms in total. The molecular weight excluding hydrogens is 725 g/mol. The monoisotopic (exact) mass is 784 g/mol. The van der Waals surface area contributed by atoms with E-state index in [0.717, 1.165) is 52.1 Å². The van der Waals surface area contributed by atoms with Crippen molar-refractivity contribution >= 4 is 31.4 Å². The molecule has 0 bridgehead atoms. The van der Waals surface area contributed by atoms with Gasteiger partial charge in [0.2, 0.25) is 20.0 Å². The van der Waals surface area contributed by atoms with Crippen LogP contribution >= 0.6 is 0 Å². The molecule has 0 aromatic heterocycles. The van der Waals surface area contributed by atoms with Crippen molar-refractivity contribution < 1.29 is 16.8 Å². The maximum Gasteiger partial charge on any atom is 0.229 e. The van der Waals surface area contributed by atoms with E-state index in [4.69, 9.17) is 0 Å².